The van der Waals surface area contributed by atoms with Crippen molar-refractivity contribution in [2.75, 3.05) is 6.61 Å². The Balaban J connectivity index is 1.70. The molecule has 0 bridgehead atoms. The molecule has 0 atom stereocenters. The van der Waals surface area contributed by atoms with E-state index in [-0.39, 0.29) is 6.61 Å². The van der Waals surface area contributed by atoms with Crippen LogP contribution in [0.5, 0.6) is 5.75 Å². The summed E-state index contributed by atoms with van der Waals surface area (Å²) < 4.78 is 15.9. The van der Waals surface area contributed by atoms with Crippen LogP contribution in [-0.4, -0.2) is 17.9 Å². The quantitative estimate of drug-likeness (QED) is 0.881. The van der Waals surface area contributed by atoms with Crippen LogP contribution in [-0.2, 0) is 11.3 Å². The van der Waals surface area contributed by atoms with Crippen LogP contribution in [0.15, 0.2) is 34.9 Å². The highest BCUT2D eigenvalue weighted by Crippen LogP contribution is 2.31. The van der Waals surface area contributed by atoms with Gasteiger partial charge < -0.3 is 19.7 Å². The van der Waals surface area contributed by atoms with Gasteiger partial charge in [0, 0.05) is 11.6 Å². The van der Waals surface area contributed by atoms with Gasteiger partial charge >= 0.3 is 6.09 Å². The summed E-state index contributed by atoms with van der Waals surface area (Å²) in [5, 5.41) is 4.02. The Morgan fingerprint density at radius 1 is 1.30 bits per heavy atom. The fraction of sp³-hybridized carbons (Fsp3) is 0.412. The first-order valence-electron chi connectivity index (χ1n) is 7.82. The van der Waals surface area contributed by atoms with E-state index in [1.54, 1.807) is 6.07 Å². The number of rotatable bonds is 6. The van der Waals surface area contributed by atoms with Gasteiger partial charge in [-0.05, 0) is 30.9 Å². The molecular weight excluding hydrogens is 296 g/mol. The smallest absolute Gasteiger partial charge is 0.404 e. The van der Waals surface area contributed by atoms with Gasteiger partial charge in [0.15, 0.2) is 12.4 Å². The van der Waals surface area contributed by atoms with Gasteiger partial charge in [-0.1, -0.05) is 30.1 Å². The van der Waals surface area contributed by atoms with Crippen LogP contribution in [0.25, 0.3) is 11.3 Å². The largest absolute Gasteiger partial charge is 0.493 e. The van der Waals surface area contributed by atoms with Crippen LogP contribution in [0.1, 0.15) is 31.4 Å². The van der Waals surface area contributed by atoms with Crippen molar-refractivity contribution in [2.24, 2.45) is 11.7 Å². The molecule has 0 aliphatic heterocycles. The summed E-state index contributed by atoms with van der Waals surface area (Å²) in [6, 6.07) is 9.44. The lowest BCUT2D eigenvalue weighted by molar-refractivity contribution is 0.137. The zero-order valence-corrected chi connectivity index (χ0v) is 12.9. The molecule has 1 aromatic heterocycles. The fourth-order valence-electron chi connectivity index (χ4n) is 2.84. The predicted octanol–water partition coefficient (Wildman–Crippen LogP) is 3.51. The summed E-state index contributed by atoms with van der Waals surface area (Å²) in [6.45, 7) is 0.694. The van der Waals surface area contributed by atoms with Crippen molar-refractivity contribution in [3.8, 4) is 17.0 Å². The van der Waals surface area contributed by atoms with Gasteiger partial charge in [-0.3, -0.25) is 0 Å². The third-order valence-electron chi connectivity index (χ3n) is 4.03. The van der Waals surface area contributed by atoms with Crippen molar-refractivity contribution in [3.63, 3.8) is 0 Å². The minimum atomic E-state index is -0.844. The molecule has 1 aliphatic carbocycles. The average molecular weight is 316 g/mol. The zero-order valence-electron chi connectivity index (χ0n) is 12.9. The number of hydrogen-bond acceptors (Lipinski definition) is 5. The molecule has 0 saturated heterocycles. The molecule has 6 heteroatoms. The fourth-order valence-corrected chi connectivity index (χ4v) is 2.84. The first-order chi connectivity index (χ1) is 11.2. The molecule has 1 saturated carbocycles. The van der Waals surface area contributed by atoms with E-state index in [4.69, 9.17) is 19.7 Å². The molecule has 0 spiro atoms. The van der Waals surface area contributed by atoms with Crippen LogP contribution in [0.2, 0.25) is 0 Å². The lowest BCUT2D eigenvalue weighted by atomic mass is 10.1. The molecule has 1 aliphatic rings. The number of benzene rings is 1. The van der Waals surface area contributed by atoms with E-state index in [1.165, 1.54) is 25.7 Å². The van der Waals surface area contributed by atoms with Gasteiger partial charge in [-0.2, -0.15) is 0 Å². The van der Waals surface area contributed by atoms with E-state index in [0.29, 0.717) is 17.4 Å². The highest BCUT2D eigenvalue weighted by molar-refractivity contribution is 5.67. The van der Waals surface area contributed by atoms with Crippen molar-refractivity contribution >= 4 is 6.09 Å². The number of carbonyl (C=O) groups is 1. The van der Waals surface area contributed by atoms with Crippen LogP contribution in [0.3, 0.4) is 0 Å². The highest BCUT2D eigenvalue weighted by atomic mass is 16.6. The molecule has 0 radical (unpaired) electrons. The Morgan fingerprint density at radius 3 is 2.87 bits per heavy atom. The van der Waals surface area contributed by atoms with E-state index < -0.39 is 6.09 Å². The molecule has 2 N–H and O–H groups in total. The van der Waals surface area contributed by atoms with Gasteiger partial charge in [0.25, 0.3) is 0 Å². The van der Waals surface area contributed by atoms with Gasteiger partial charge in [0.1, 0.15) is 11.4 Å². The van der Waals surface area contributed by atoms with Crippen LogP contribution >= 0.6 is 0 Å². The number of carbonyl (C=O) groups excluding carboxylic acids is 1. The average Bonchev–Trinajstić information content (AvgIpc) is 3.23. The maximum absolute atomic E-state index is 10.6. The Hall–Kier alpha value is -2.50. The van der Waals surface area contributed by atoms with Gasteiger partial charge in [0.2, 0.25) is 0 Å². The summed E-state index contributed by atoms with van der Waals surface area (Å²) in [4.78, 5) is 10.6. The molecule has 1 heterocycles. The Morgan fingerprint density at radius 2 is 2.09 bits per heavy atom. The first-order valence-corrected chi connectivity index (χ1v) is 7.82. The first kappa shape index (κ1) is 15.4. The van der Waals surface area contributed by atoms with Gasteiger partial charge in [-0.25, -0.2) is 4.79 Å². The third-order valence-corrected chi connectivity index (χ3v) is 4.03. The van der Waals surface area contributed by atoms with Gasteiger partial charge in [-0.15, -0.1) is 0 Å². The number of nitrogens with zero attached hydrogens (tertiary/aromatic N) is 1. The predicted molar refractivity (Wildman–Crippen MR) is 83.8 cm³/mol. The van der Waals surface area contributed by atoms with E-state index in [1.807, 2.05) is 24.3 Å². The van der Waals surface area contributed by atoms with E-state index in [9.17, 15) is 4.79 Å². The zero-order chi connectivity index (χ0) is 16.1. The molecule has 122 valence electrons. The maximum atomic E-state index is 10.6. The van der Waals surface area contributed by atoms with Crippen molar-refractivity contribution in [1.29, 1.82) is 0 Å². The number of ether oxygens (including phenoxy) is 2. The van der Waals surface area contributed by atoms with Crippen LogP contribution < -0.4 is 10.5 Å². The molecular formula is C17H20N2O4. The Kier molecular flexibility index (Phi) is 4.80. The van der Waals surface area contributed by atoms with E-state index in [0.717, 1.165) is 17.9 Å². The number of nitrogens with two attached hydrogens (primary N) is 1. The molecule has 1 fully saturated rings. The lowest BCUT2D eigenvalue weighted by Crippen LogP contribution is -2.12. The van der Waals surface area contributed by atoms with E-state index >= 15 is 0 Å². The topological polar surface area (TPSA) is 87.6 Å². The second-order valence-electron chi connectivity index (χ2n) is 5.74. The second-order valence-corrected chi connectivity index (χ2v) is 5.74. The minimum Gasteiger partial charge on any atom is -0.493 e. The minimum absolute atomic E-state index is 0.0343. The van der Waals surface area contributed by atoms with Crippen molar-refractivity contribution < 1.29 is 18.8 Å². The monoisotopic (exact) mass is 316 g/mol. The van der Waals surface area contributed by atoms with Gasteiger partial charge in [0.05, 0.1) is 6.61 Å². The molecule has 2 aromatic rings. The highest BCUT2D eigenvalue weighted by Gasteiger charge is 2.17. The Labute approximate surface area is 134 Å². The number of hydrogen-bond donors (Lipinski definition) is 1. The SMILES string of the molecule is NC(=O)OCc1cc(-c2ccccc2OCC2CCCC2)no1. The normalized spacial score (nSPS) is 14.8. The molecule has 3 rings (SSSR count). The summed E-state index contributed by atoms with van der Waals surface area (Å²) in [7, 11) is 0. The Bertz CT molecular complexity index is 662. The molecule has 23 heavy (non-hydrogen) atoms. The molecule has 0 unspecified atom stereocenters. The summed E-state index contributed by atoms with van der Waals surface area (Å²) in [6.07, 6.45) is 4.22. The van der Waals surface area contributed by atoms with Crippen LogP contribution in [0.4, 0.5) is 4.79 Å². The van der Waals surface area contributed by atoms with Crippen LogP contribution in [0, 0.1) is 5.92 Å². The molecule has 6 nitrogen and oxygen atoms in total. The lowest BCUT2D eigenvalue weighted by Gasteiger charge is -2.13. The van der Waals surface area contributed by atoms with Crippen molar-refractivity contribution in [1.82, 2.24) is 5.16 Å². The maximum Gasteiger partial charge on any atom is 0.404 e. The second kappa shape index (κ2) is 7.17. The molecule has 1 amide bonds. The van der Waals surface area contributed by atoms with E-state index in [2.05, 4.69) is 5.16 Å². The summed E-state index contributed by atoms with van der Waals surface area (Å²) in [5.41, 5.74) is 6.45. The number of aromatic nitrogens is 1. The molecule has 1 aromatic carbocycles. The number of primary amides is 1. The third kappa shape index (κ3) is 4.03. The number of para-hydroxylation sites is 1. The van der Waals surface area contributed by atoms with Crippen molar-refractivity contribution in [3.05, 3.63) is 36.1 Å². The summed E-state index contributed by atoms with van der Waals surface area (Å²) >= 11 is 0. The summed E-state index contributed by atoms with van der Waals surface area (Å²) in [5.74, 6) is 1.86. The number of amides is 1. The standard InChI is InChI=1S/C17H20N2O4/c18-17(20)22-11-13-9-15(19-23-13)14-7-3-4-8-16(14)21-10-12-5-1-2-6-12/h3-4,7-9,12H,1-2,5-6,10-11H2,(H2,18,20). The van der Waals surface area contributed by atoms with Crippen molar-refractivity contribution in [2.45, 2.75) is 32.3 Å².